The minimum absolute atomic E-state index is 0.0460. The van der Waals surface area contributed by atoms with Crippen molar-refractivity contribution in [1.29, 1.82) is 0 Å². The van der Waals surface area contributed by atoms with E-state index >= 15 is 0 Å². The van der Waals surface area contributed by atoms with E-state index in [0.717, 1.165) is 17.5 Å². The molecule has 0 aliphatic heterocycles. The van der Waals surface area contributed by atoms with Crippen LogP contribution < -0.4 is 9.47 Å². The van der Waals surface area contributed by atoms with Crippen molar-refractivity contribution in [1.82, 2.24) is 0 Å². The first-order valence-corrected chi connectivity index (χ1v) is 15.2. The molecule has 0 saturated carbocycles. The Morgan fingerprint density at radius 3 is 1.48 bits per heavy atom. The van der Waals surface area contributed by atoms with E-state index in [-0.39, 0.29) is 49.0 Å². The van der Waals surface area contributed by atoms with Crippen LogP contribution in [-0.2, 0) is 34.0 Å². The fraction of sp³-hybridized carbons (Fsp3) is 0.545. The van der Waals surface area contributed by atoms with Crippen molar-refractivity contribution in [2.45, 2.75) is 90.8 Å². The first-order valence-electron chi connectivity index (χ1n) is 14.7. The van der Waals surface area contributed by atoms with Crippen LogP contribution in [0.15, 0.2) is 48.5 Å². The lowest BCUT2D eigenvalue weighted by Gasteiger charge is -2.27. The summed E-state index contributed by atoms with van der Waals surface area (Å²) in [6, 6.07) is 15.5. The highest BCUT2D eigenvalue weighted by molar-refractivity contribution is 6.18. The van der Waals surface area contributed by atoms with Crippen molar-refractivity contribution in [3.8, 4) is 11.5 Å². The molecule has 0 unspecified atom stereocenters. The molecule has 2 aromatic rings. The maximum absolute atomic E-state index is 12.0. The van der Waals surface area contributed by atoms with Gasteiger partial charge in [0.05, 0.1) is 5.88 Å². The molecule has 2 atom stereocenters. The van der Waals surface area contributed by atoms with Gasteiger partial charge in [0.1, 0.15) is 37.4 Å². The SMILES string of the molecule is CCCC(=O)OC[C@H](COc1ccc(C(C)(C)c2ccc(OC[C@@H](CCl)OC(=O)CCC)cc2)cc1)OC(=O)CCC. The van der Waals surface area contributed by atoms with Gasteiger partial charge < -0.3 is 23.7 Å². The standard InChI is InChI=1S/C33H45ClO8/c1-6-9-30(35)40-23-29(42-32(37)11-8-3)22-39-27-18-14-25(15-19-27)33(4,5)24-12-16-26(17-13-24)38-21-28(20-34)41-31(36)10-7-2/h12-19,28-29H,6-11,20-23H2,1-5H3/t28-,29+/m1/s1. The molecule has 42 heavy (non-hydrogen) atoms. The van der Waals surface area contributed by atoms with Gasteiger partial charge in [-0.2, -0.15) is 0 Å². The second kappa shape index (κ2) is 18.3. The molecular weight excluding hydrogens is 560 g/mol. The summed E-state index contributed by atoms with van der Waals surface area (Å²) < 4.78 is 27.8. The van der Waals surface area contributed by atoms with E-state index < -0.39 is 12.2 Å². The maximum Gasteiger partial charge on any atom is 0.306 e. The summed E-state index contributed by atoms with van der Waals surface area (Å²) in [5.74, 6) is 0.492. The van der Waals surface area contributed by atoms with Crippen molar-refractivity contribution in [2.75, 3.05) is 25.7 Å². The van der Waals surface area contributed by atoms with E-state index in [0.29, 0.717) is 43.6 Å². The highest BCUT2D eigenvalue weighted by Gasteiger charge is 2.24. The lowest BCUT2D eigenvalue weighted by molar-refractivity contribution is -0.160. The summed E-state index contributed by atoms with van der Waals surface area (Å²) in [5.41, 5.74) is 1.86. The lowest BCUT2D eigenvalue weighted by atomic mass is 9.78. The van der Waals surface area contributed by atoms with Crippen LogP contribution in [0.25, 0.3) is 0 Å². The molecule has 8 nitrogen and oxygen atoms in total. The normalized spacial score (nSPS) is 12.6. The number of alkyl halides is 1. The smallest absolute Gasteiger partial charge is 0.306 e. The highest BCUT2D eigenvalue weighted by Crippen LogP contribution is 2.33. The maximum atomic E-state index is 12.0. The third-order valence-corrected chi connectivity index (χ3v) is 6.93. The predicted octanol–water partition coefficient (Wildman–Crippen LogP) is 6.78. The molecule has 232 valence electrons. The molecule has 2 rings (SSSR count). The van der Waals surface area contributed by atoms with Crippen molar-refractivity contribution < 1.29 is 38.1 Å². The highest BCUT2D eigenvalue weighted by atomic mass is 35.5. The molecule has 0 spiro atoms. The van der Waals surface area contributed by atoms with Gasteiger partial charge in [-0.1, -0.05) is 58.9 Å². The molecule has 0 N–H and O–H groups in total. The van der Waals surface area contributed by atoms with E-state index in [4.69, 9.17) is 35.3 Å². The average Bonchev–Trinajstić information content (AvgIpc) is 2.97. The Hall–Kier alpha value is -3.26. The molecule has 0 saturated heterocycles. The fourth-order valence-corrected chi connectivity index (χ4v) is 4.22. The first-order chi connectivity index (χ1) is 20.1. The van der Waals surface area contributed by atoms with Crippen LogP contribution in [0.3, 0.4) is 0 Å². The minimum atomic E-state index is -0.690. The Bertz CT molecular complexity index is 1100. The fourth-order valence-electron chi connectivity index (χ4n) is 4.07. The van der Waals surface area contributed by atoms with Crippen molar-refractivity contribution >= 4 is 29.5 Å². The number of ether oxygens (including phenoxy) is 5. The summed E-state index contributed by atoms with van der Waals surface area (Å²) in [5, 5.41) is 0. The van der Waals surface area contributed by atoms with E-state index in [1.807, 2.05) is 69.3 Å². The van der Waals surface area contributed by atoms with Crippen molar-refractivity contribution in [3.63, 3.8) is 0 Å². The summed E-state index contributed by atoms with van der Waals surface area (Å²) in [6.07, 6.45) is 1.84. The van der Waals surface area contributed by atoms with Crippen LogP contribution in [0.1, 0.15) is 84.3 Å². The van der Waals surface area contributed by atoms with Gasteiger partial charge in [-0.25, -0.2) is 0 Å². The molecule has 0 amide bonds. The van der Waals surface area contributed by atoms with Gasteiger partial charge in [0, 0.05) is 24.7 Å². The number of benzene rings is 2. The lowest BCUT2D eigenvalue weighted by Crippen LogP contribution is -2.31. The van der Waals surface area contributed by atoms with Gasteiger partial charge in [0.2, 0.25) is 0 Å². The zero-order valence-corrected chi connectivity index (χ0v) is 26.2. The third kappa shape index (κ3) is 11.9. The molecule has 0 aliphatic carbocycles. The molecule has 0 radical (unpaired) electrons. The number of esters is 3. The zero-order chi connectivity index (χ0) is 31.0. The number of carbonyl (C=O) groups excluding carboxylic acids is 3. The second-order valence-electron chi connectivity index (χ2n) is 10.6. The minimum Gasteiger partial charge on any atom is -0.490 e. The van der Waals surface area contributed by atoms with E-state index in [2.05, 4.69) is 13.8 Å². The monoisotopic (exact) mass is 604 g/mol. The van der Waals surface area contributed by atoms with E-state index in [1.165, 1.54) is 0 Å². The van der Waals surface area contributed by atoms with Crippen LogP contribution in [0.5, 0.6) is 11.5 Å². The van der Waals surface area contributed by atoms with Gasteiger partial charge in [0.15, 0.2) is 6.10 Å². The molecule has 9 heteroatoms. The van der Waals surface area contributed by atoms with Crippen molar-refractivity contribution in [2.24, 2.45) is 0 Å². The topological polar surface area (TPSA) is 97.4 Å². The van der Waals surface area contributed by atoms with E-state index in [9.17, 15) is 14.4 Å². The molecule has 2 aromatic carbocycles. The largest absolute Gasteiger partial charge is 0.490 e. The van der Waals surface area contributed by atoms with Crippen LogP contribution in [0.2, 0.25) is 0 Å². The van der Waals surface area contributed by atoms with Crippen LogP contribution in [-0.4, -0.2) is 55.8 Å². The van der Waals surface area contributed by atoms with Gasteiger partial charge in [-0.05, 0) is 54.7 Å². The summed E-state index contributed by atoms with van der Waals surface area (Å²) in [7, 11) is 0. The van der Waals surface area contributed by atoms with Crippen molar-refractivity contribution in [3.05, 3.63) is 59.7 Å². The zero-order valence-electron chi connectivity index (χ0n) is 25.5. The summed E-state index contributed by atoms with van der Waals surface area (Å²) >= 11 is 5.94. The summed E-state index contributed by atoms with van der Waals surface area (Å²) in [4.78, 5) is 35.6. The van der Waals surface area contributed by atoms with Gasteiger partial charge in [-0.15, -0.1) is 11.6 Å². The molecule has 0 bridgehead atoms. The molecule has 0 aliphatic rings. The van der Waals surface area contributed by atoms with Crippen LogP contribution in [0, 0.1) is 0 Å². The second-order valence-corrected chi connectivity index (χ2v) is 10.9. The van der Waals surface area contributed by atoms with Gasteiger partial charge in [0.25, 0.3) is 0 Å². The summed E-state index contributed by atoms with van der Waals surface area (Å²) in [6.45, 7) is 10.2. The molecule has 0 aromatic heterocycles. The number of carbonyl (C=O) groups is 3. The molecular formula is C33H45ClO8. The Morgan fingerprint density at radius 1 is 0.643 bits per heavy atom. The number of halogens is 1. The number of rotatable bonds is 19. The number of hydrogen-bond donors (Lipinski definition) is 0. The average molecular weight is 605 g/mol. The Morgan fingerprint density at radius 2 is 1.05 bits per heavy atom. The van der Waals surface area contributed by atoms with Gasteiger partial charge in [-0.3, -0.25) is 14.4 Å². The predicted molar refractivity (Wildman–Crippen MR) is 162 cm³/mol. The molecule has 0 heterocycles. The van der Waals surface area contributed by atoms with Crippen LogP contribution >= 0.6 is 11.6 Å². The molecule has 0 fully saturated rings. The number of hydrogen-bond acceptors (Lipinski definition) is 8. The Labute approximate surface area is 255 Å². The Kier molecular flexibility index (Phi) is 15.2. The third-order valence-electron chi connectivity index (χ3n) is 6.58. The first kappa shape index (κ1) is 34.9. The Balaban J connectivity index is 1.98. The van der Waals surface area contributed by atoms with E-state index in [1.54, 1.807) is 0 Å². The van der Waals surface area contributed by atoms with Crippen LogP contribution in [0.4, 0.5) is 0 Å². The van der Waals surface area contributed by atoms with Gasteiger partial charge >= 0.3 is 17.9 Å². The quantitative estimate of drug-likeness (QED) is 0.0984.